The number of benzene rings is 1. The lowest BCUT2D eigenvalue weighted by Gasteiger charge is -2.21. The summed E-state index contributed by atoms with van der Waals surface area (Å²) in [6.45, 7) is 3.09. The molecule has 1 atom stereocenters. The molecule has 2 aromatic rings. The smallest absolute Gasteiger partial charge is 0.123 e. The lowest BCUT2D eigenvalue weighted by Crippen LogP contribution is -2.25. The molecule has 0 saturated carbocycles. The lowest BCUT2D eigenvalue weighted by molar-refractivity contribution is 0.396. The second-order valence-electron chi connectivity index (χ2n) is 5.05. The van der Waals surface area contributed by atoms with E-state index in [1.165, 1.54) is 0 Å². The predicted octanol–water partition coefficient (Wildman–Crippen LogP) is 3.37. The van der Waals surface area contributed by atoms with Gasteiger partial charge in [-0.05, 0) is 31.2 Å². The van der Waals surface area contributed by atoms with E-state index in [1.54, 1.807) is 7.11 Å². The number of nitrogens with zero attached hydrogens (tertiary/aromatic N) is 2. The van der Waals surface area contributed by atoms with Crippen molar-refractivity contribution < 1.29 is 4.74 Å². The number of aryl methyl sites for hydroxylation is 1. The molecule has 1 N–H and O–H groups in total. The van der Waals surface area contributed by atoms with Crippen molar-refractivity contribution in [2.75, 3.05) is 13.7 Å². The highest BCUT2D eigenvalue weighted by atomic mass is 35.5. The van der Waals surface area contributed by atoms with E-state index < -0.39 is 0 Å². The van der Waals surface area contributed by atoms with Gasteiger partial charge in [0.05, 0.1) is 7.11 Å². The van der Waals surface area contributed by atoms with Crippen LogP contribution in [0.2, 0.25) is 5.02 Å². The molecule has 0 radical (unpaired) electrons. The molecule has 21 heavy (non-hydrogen) atoms. The van der Waals surface area contributed by atoms with Gasteiger partial charge >= 0.3 is 0 Å². The molecule has 0 amide bonds. The normalized spacial score (nSPS) is 12.4. The number of imidazole rings is 1. The van der Waals surface area contributed by atoms with E-state index in [0.717, 1.165) is 36.5 Å². The van der Waals surface area contributed by atoms with E-state index in [0.29, 0.717) is 5.02 Å². The first-order chi connectivity index (χ1) is 10.2. The number of ether oxygens (including phenoxy) is 1. The highest BCUT2D eigenvalue weighted by Gasteiger charge is 2.18. The van der Waals surface area contributed by atoms with Gasteiger partial charge in [-0.2, -0.15) is 0 Å². The van der Waals surface area contributed by atoms with Crippen molar-refractivity contribution in [2.24, 2.45) is 7.05 Å². The summed E-state index contributed by atoms with van der Waals surface area (Å²) >= 11 is 6.16. The van der Waals surface area contributed by atoms with Crippen molar-refractivity contribution in [1.82, 2.24) is 14.9 Å². The molecular formula is C16H22ClN3O. The molecule has 0 aliphatic carbocycles. The lowest BCUT2D eigenvalue weighted by atomic mass is 10.0. The molecule has 0 saturated heterocycles. The Balaban J connectivity index is 2.31. The maximum Gasteiger partial charge on any atom is 0.123 e. The molecule has 0 fully saturated rings. The maximum atomic E-state index is 6.16. The minimum absolute atomic E-state index is 0.125. The average Bonchev–Trinajstić information content (AvgIpc) is 2.88. The fourth-order valence-corrected chi connectivity index (χ4v) is 2.54. The zero-order valence-electron chi connectivity index (χ0n) is 12.8. The van der Waals surface area contributed by atoms with E-state index in [2.05, 4.69) is 17.2 Å². The van der Waals surface area contributed by atoms with Crippen LogP contribution < -0.4 is 10.1 Å². The summed E-state index contributed by atoms with van der Waals surface area (Å²) in [5, 5.41) is 4.28. The molecule has 0 bridgehead atoms. The van der Waals surface area contributed by atoms with Crippen LogP contribution in [-0.2, 0) is 13.5 Å². The Morgan fingerprint density at radius 3 is 2.86 bits per heavy atom. The van der Waals surface area contributed by atoms with Crippen LogP contribution in [0.3, 0.4) is 0 Å². The van der Waals surface area contributed by atoms with Crippen LogP contribution >= 0.6 is 11.6 Å². The molecular weight excluding hydrogens is 286 g/mol. The highest BCUT2D eigenvalue weighted by Crippen LogP contribution is 2.30. The van der Waals surface area contributed by atoms with Gasteiger partial charge in [-0.25, -0.2) is 4.98 Å². The SMILES string of the molecule is CCCNC(Cc1nccn1C)c1cc(Cl)ccc1OC. The van der Waals surface area contributed by atoms with Crippen molar-refractivity contribution >= 4 is 11.6 Å². The predicted molar refractivity (Wildman–Crippen MR) is 86.0 cm³/mol. The van der Waals surface area contributed by atoms with Crippen LogP contribution in [0.15, 0.2) is 30.6 Å². The molecule has 0 spiro atoms. The van der Waals surface area contributed by atoms with Gasteiger partial charge < -0.3 is 14.6 Å². The number of nitrogens with one attached hydrogen (secondary N) is 1. The van der Waals surface area contributed by atoms with Crippen LogP contribution in [0.25, 0.3) is 0 Å². The summed E-state index contributed by atoms with van der Waals surface area (Å²) in [6, 6.07) is 5.86. The monoisotopic (exact) mass is 307 g/mol. The van der Waals surface area contributed by atoms with Gasteiger partial charge in [0, 0.05) is 42.5 Å². The van der Waals surface area contributed by atoms with Crippen molar-refractivity contribution in [2.45, 2.75) is 25.8 Å². The summed E-state index contributed by atoms with van der Waals surface area (Å²) in [5.74, 6) is 1.88. The van der Waals surface area contributed by atoms with Crippen LogP contribution in [0.5, 0.6) is 5.75 Å². The van der Waals surface area contributed by atoms with Crippen molar-refractivity contribution in [1.29, 1.82) is 0 Å². The zero-order chi connectivity index (χ0) is 15.2. The van der Waals surface area contributed by atoms with E-state index in [4.69, 9.17) is 16.3 Å². The first-order valence-corrected chi connectivity index (χ1v) is 7.56. The van der Waals surface area contributed by atoms with E-state index in [9.17, 15) is 0 Å². The summed E-state index contributed by atoms with van der Waals surface area (Å²) < 4.78 is 7.52. The third kappa shape index (κ3) is 3.99. The number of rotatable bonds is 7. The molecule has 114 valence electrons. The third-order valence-corrected chi connectivity index (χ3v) is 3.75. The summed E-state index contributed by atoms with van der Waals surface area (Å²) in [6.07, 6.45) is 5.64. The average molecular weight is 308 g/mol. The second kappa shape index (κ2) is 7.48. The van der Waals surface area contributed by atoms with E-state index >= 15 is 0 Å². The van der Waals surface area contributed by atoms with Gasteiger partial charge in [-0.15, -0.1) is 0 Å². The standard InChI is InChI=1S/C16H22ClN3O/c1-4-7-18-14(11-16-19-8-9-20(16)2)13-10-12(17)5-6-15(13)21-3/h5-6,8-10,14,18H,4,7,11H2,1-3H3. The molecule has 1 heterocycles. The van der Waals surface area contributed by atoms with Gasteiger partial charge in [-0.3, -0.25) is 0 Å². The first-order valence-electron chi connectivity index (χ1n) is 7.18. The van der Waals surface area contributed by atoms with Crippen LogP contribution in [-0.4, -0.2) is 23.2 Å². The van der Waals surface area contributed by atoms with Gasteiger partial charge in [0.15, 0.2) is 0 Å². The number of hydrogen-bond donors (Lipinski definition) is 1. The first kappa shape index (κ1) is 15.9. The molecule has 0 aliphatic heterocycles. The fourth-order valence-electron chi connectivity index (χ4n) is 2.36. The fraction of sp³-hybridized carbons (Fsp3) is 0.438. The van der Waals surface area contributed by atoms with E-state index in [-0.39, 0.29) is 6.04 Å². The summed E-state index contributed by atoms with van der Waals surface area (Å²) in [5.41, 5.74) is 1.07. The summed E-state index contributed by atoms with van der Waals surface area (Å²) in [4.78, 5) is 4.42. The third-order valence-electron chi connectivity index (χ3n) is 3.52. The largest absolute Gasteiger partial charge is 0.496 e. The van der Waals surface area contributed by atoms with Crippen LogP contribution in [0.1, 0.15) is 30.8 Å². The van der Waals surface area contributed by atoms with E-state index in [1.807, 2.05) is 42.2 Å². The number of methoxy groups -OCH3 is 1. The van der Waals surface area contributed by atoms with Gasteiger partial charge in [0.25, 0.3) is 0 Å². The molecule has 1 unspecified atom stereocenters. The molecule has 5 heteroatoms. The molecule has 2 rings (SSSR count). The Kier molecular flexibility index (Phi) is 5.65. The second-order valence-corrected chi connectivity index (χ2v) is 5.49. The zero-order valence-corrected chi connectivity index (χ0v) is 13.5. The Bertz CT molecular complexity index is 583. The minimum Gasteiger partial charge on any atom is -0.496 e. The molecule has 0 aliphatic rings. The Labute approximate surface area is 131 Å². The van der Waals surface area contributed by atoms with Crippen LogP contribution in [0, 0.1) is 0 Å². The Hall–Kier alpha value is -1.52. The van der Waals surface area contributed by atoms with Gasteiger partial charge in [0.2, 0.25) is 0 Å². The number of aromatic nitrogens is 2. The molecule has 4 nitrogen and oxygen atoms in total. The van der Waals surface area contributed by atoms with Gasteiger partial charge in [0.1, 0.15) is 11.6 Å². The van der Waals surface area contributed by atoms with Crippen LogP contribution in [0.4, 0.5) is 0 Å². The van der Waals surface area contributed by atoms with Crippen molar-refractivity contribution in [3.8, 4) is 5.75 Å². The Morgan fingerprint density at radius 1 is 1.43 bits per heavy atom. The van der Waals surface area contributed by atoms with Crippen molar-refractivity contribution in [3.63, 3.8) is 0 Å². The molecule has 1 aromatic carbocycles. The highest BCUT2D eigenvalue weighted by molar-refractivity contribution is 6.30. The number of hydrogen-bond acceptors (Lipinski definition) is 3. The molecule has 1 aromatic heterocycles. The topological polar surface area (TPSA) is 39.1 Å². The van der Waals surface area contributed by atoms with Crippen molar-refractivity contribution in [3.05, 3.63) is 47.0 Å². The van der Waals surface area contributed by atoms with Gasteiger partial charge in [-0.1, -0.05) is 18.5 Å². The quantitative estimate of drug-likeness (QED) is 0.852. The summed E-state index contributed by atoms with van der Waals surface area (Å²) in [7, 11) is 3.69. The Morgan fingerprint density at radius 2 is 2.24 bits per heavy atom. The maximum absolute atomic E-state index is 6.16. The minimum atomic E-state index is 0.125. The number of halogens is 1.